The number of nitro groups is 1. The second-order valence-corrected chi connectivity index (χ2v) is 5.66. The fraction of sp³-hybridized carbons (Fsp3) is 0.429. The highest BCUT2D eigenvalue weighted by atomic mass is 19.4. The number of hydrogen-bond donors (Lipinski definition) is 1. The molecule has 0 radical (unpaired) electrons. The van der Waals surface area contributed by atoms with Gasteiger partial charge in [0.2, 0.25) is 0 Å². The van der Waals surface area contributed by atoms with Crippen LogP contribution in [-0.2, 0) is 0 Å². The predicted molar refractivity (Wildman–Crippen MR) is 77.2 cm³/mol. The van der Waals surface area contributed by atoms with Gasteiger partial charge in [-0.15, -0.1) is 0 Å². The van der Waals surface area contributed by atoms with E-state index in [1.54, 1.807) is 13.8 Å². The zero-order valence-electron chi connectivity index (χ0n) is 12.7. The highest BCUT2D eigenvalue weighted by Crippen LogP contribution is 2.42. The normalized spacial score (nSPS) is 21.1. The van der Waals surface area contributed by atoms with Crippen molar-refractivity contribution in [3.8, 4) is 0 Å². The van der Waals surface area contributed by atoms with Crippen molar-refractivity contribution in [2.45, 2.75) is 32.2 Å². The molecular weight excluding hydrogens is 331 g/mol. The number of alkyl halides is 3. The Bertz CT molecular complexity index is 717. The van der Waals surface area contributed by atoms with Gasteiger partial charge in [0.05, 0.1) is 4.92 Å². The van der Waals surface area contributed by atoms with Crippen molar-refractivity contribution in [2.75, 3.05) is 0 Å². The largest absolute Gasteiger partial charge is 0.438 e. The number of amides is 1. The first-order valence-corrected chi connectivity index (χ1v) is 6.93. The number of carbonyl (C=O) groups excluding carboxylic acids is 1. The SMILES string of the molecule is CC(C)C1=NN(C(=O)c2cccc([N+](=O)[O-])c2)[C@](O)(C(F)(F)F)C1. The van der Waals surface area contributed by atoms with Crippen LogP contribution in [0.5, 0.6) is 0 Å². The maximum absolute atomic E-state index is 13.3. The smallest absolute Gasteiger partial charge is 0.362 e. The van der Waals surface area contributed by atoms with Crippen molar-refractivity contribution in [2.24, 2.45) is 11.0 Å². The lowest BCUT2D eigenvalue weighted by atomic mass is 9.98. The van der Waals surface area contributed by atoms with Crippen molar-refractivity contribution < 1.29 is 28.0 Å². The first kappa shape index (κ1) is 17.9. The molecule has 7 nitrogen and oxygen atoms in total. The Morgan fingerprint density at radius 3 is 2.58 bits per heavy atom. The number of nitro benzene ring substituents is 1. The summed E-state index contributed by atoms with van der Waals surface area (Å²) >= 11 is 0. The Labute approximate surface area is 134 Å². The maximum Gasteiger partial charge on any atom is 0.438 e. The molecule has 10 heteroatoms. The minimum atomic E-state index is -5.14. The van der Waals surface area contributed by atoms with E-state index in [-0.39, 0.29) is 16.3 Å². The average molecular weight is 345 g/mol. The molecule has 0 bridgehead atoms. The Kier molecular flexibility index (Phi) is 4.36. The van der Waals surface area contributed by atoms with Gasteiger partial charge in [-0.25, -0.2) is 0 Å². The van der Waals surface area contributed by atoms with Crippen LogP contribution in [0.25, 0.3) is 0 Å². The van der Waals surface area contributed by atoms with Crippen LogP contribution in [0, 0.1) is 16.0 Å². The van der Waals surface area contributed by atoms with Crippen LogP contribution >= 0.6 is 0 Å². The standard InChI is InChI=1S/C14H14F3N3O4/c1-8(2)11-7-13(22,14(15,16)17)19(18-11)12(21)9-4-3-5-10(6-9)20(23)24/h3-6,8,22H,7H2,1-2H3/t13-/m1/s1. The molecule has 1 amide bonds. The minimum absolute atomic E-state index is 0.00797. The van der Waals surface area contributed by atoms with Gasteiger partial charge in [-0.1, -0.05) is 19.9 Å². The van der Waals surface area contributed by atoms with Crippen LogP contribution in [0.4, 0.5) is 18.9 Å². The molecule has 0 aromatic heterocycles. The van der Waals surface area contributed by atoms with Gasteiger partial charge in [0.1, 0.15) is 0 Å². The second-order valence-electron chi connectivity index (χ2n) is 5.66. The lowest BCUT2D eigenvalue weighted by molar-refractivity contribution is -0.384. The number of rotatable bonds is 3. The van der Waals surface area contributed by atoms with E-state index in [9.17, 15) is 33.2 Å². The Morgan fingerprint density at radius 1 is 1.46 bits per heavy atom. The summed E-state index contributed by atoms with van der Waals surface area (Å²) in [6.45, 7) is 3.16. The number of carbonyl (C=O) groups is 1. The molecule has 1 aliphatic heterocycles. The third kappa shape index (κ3) is 2.96. The first-order valence-electron chi connectivity index (χ1n) is 6.93. The van der Waals surface area contributed by atoms with Gasteiger partial charge in [0, 0.05) is 29.8 Å². The Hall–Kier alpha value is -2.49. The third-order valence-corrected chi connectivity index (χ3v) is 3.62. The summed E-state index contributed by atoms with van der Waals surface area (Å²) in [5, 5.41) is 24.4. The molecule has 0 spiro atoms. The number of halogens is 3. The molecule has 24 heavy (non-hydrogen) atoms. The fourth-order valence-electron chi connectivity index (χ4n) is 2.20. The predicted octanol–water partition coefficient (Wildman–Crippen LogP) is 2.70. The van der Waals surface area contributed by atoms with Crippen molar-refractivity contribution in [1.29, 1.82) is 0 Å². The van der Waals surface area contributed by atoms with E-state index >= 15 is 0 Å². The van der Waals surface area contributed by atoms with Gasteiger partial charge in [-0.3, -0.25) is 14.9 Å². The van der Waals surface area contributed by atoms with E-state index in [1.807, 2.05) is 0 Å². The maximum atomic E-state index is 13.3. The summed E-state index contributed by atoms with van der Waals surface area (Å²) in [5.74, 6) is -1.68. The number of nitrogens with zero attached hydrogens (tertiary/aromatic N) is 3. The van der Waals surface area contributed by atoms with Crippen LogP contribution in [0.3, 0.4) is 0 Å². The number of hydrazone groups is 1. The van der Waals surface area contributed by atoms with Gasteiger partial charge in [-0.05, 0) is 12.0 Å². The van der Waals surface area contributed by atoms with Crippen LogP contribution in [0.2, 0.25) is 0 Å². The summed E-state index contributed by atoms with van der Waals surface area (Å²) in [6.07, 6.45) is -6.00. The average Bonchev–Trinajstić information content (AvgIpc) is 2.86. The number of aliphatic hydroxyl groups is 1. The fourth-order valence-corrected chi connectivity index (χ4v) is 2.20. The quantitative estimate of drug-likeness (QED) is 0.673. The summed E-state index contributed by atoms with van der Waals surface area (Å²) in [7, 11) is 0. The van der Waals surface area contributed by atoms with E-state index < -0.39 is 40.8 Å². The molecule has 0 unspecified atom stereocenters. The Morgan fingerprint density at radius 2 is 2.08 bits per heavy atom. The van der Waals surface area contributed by atoms with Crippen molar-refractivity contribution in [3.05, 3.63) is 39.9 Å². The van der Waals surface area contributed by atoms with E-state index in [2.05, 4.69) is 5.10 Å². The van der Waals surface area contributed by atoms with E-state index in [1.165, 1.54) is 6.07 Å². The lowest BCUT2D eigenvalue weighted by Crippen LogP contribution is -2.56. The van der Waals surface area contributed by atoms with E-state index in [4.69, 9.17) is 0 Å². The topological polar surface area (TPSA) is 96.0 Å². The molecule has 1 aliphatic rings. The van der Waals surface area contributed by atoms with E-state index in [0.29, 0.717) is 0 Å². The zero-order chi connectivity index (χ0) is 18.3. The number of hydrogen-bond acceptors (Lipinski definition) is 5. The van der Waals surface area contributed by atoms with Gasteiger partial charge in [-0.2, -0.15) is 23.3 Å². The lowest BCUT2D eigenvalue weighted by Gasteiger charge is -2.32. The van der Waals surface area contributed by atoms with Crippen molar-refractivity contribution >= 4 is 17.3 Å². The molecule has 0 saturated carbocycles. The van der Waals surface area contributed by atoms with E-state index in [0.717, 1.165) is 18.2 Å². The van der Waals surface area contributed by atoms with Gasteiger partial charge in [0.15, 0.2) is 0 Å². The number of non-ortho nitro benzene ring substituents is 1. The molecule has 1 N–H and O–H groups in total. The zero-order valence-corrected chi connectivity index (χ0v) is 12.7. The molecule has 1 aromatic rings. The monoisotopic (exact) mass is 345 g/mol. The van der Waals surface area contributed by atoms with Gasteiger partial charge < -0.3 is 5.11 Å². The highest BCUT2D eigenvalue weighted by molar-refractivity contribution is 5.99. The summed E-state index contributed by atoms with van der Waals surface area (Å²) in [4.78, 5) is 22.4. The molecular formula is C14H14F3N3O4. The molecule has 130 valence electrons. The highest BCUT2D eigenvalue weighted by Gasteiger charge is 2.63. The van der Waals surface area contributed by atoms with Crippen molar-refractivity contribution in [1.82, 2.24) is 5.01 Å². The molecule has 1 heterocycles. The molecule has 1 atom stereocenters. The summed E-state index contributed by atoms with van der Waals surface area (Å²) in [6, 6.07) is 4.22. The van der Waals surface area contributed by atoms with Crippen LogP contribution in [0.1, 0.15) is 30.6 Å². The summed E-state index contributed by atoms with van der Waals surface area (Å²) < 4.78 is 39.9. The molecule has 1 aromatic carbocycles. The van der Waals surface area contributed by atoms with Gasteiger partial charge in [0.25, 0.3) is 17.3 Å². The number of benzene rings is 1. The molecule has 2 rings (SSSR count). The molecule has 0 saturated heterocycles. The van der Waals surface area contributed by atoms with Crippen LogP contribution in [-0.4, -0.2) is 38.6 Å². The Balaban J connectivity index is 2.48. The van der Waals surface area contributed by atoms with Gasteiger partial charge >= 0.3 is 6.18 Å². The molecule has 0 aliphatic carbocycles. The van der Waals surface area contributed by atoms with Crippen LogP contribution < -0.4 is 0 Å². The third-order valence-electron chi connectivity index (χ3n) is 3.62. The minimum Gasteiger partial charge on any atom is -0.362 e. The molecule has 0 fully saturated rings. The second kappa shape index (κ2) is 5.86. The summed E-state index contributed by atoms with van der Waals surface area (Å²) in [5.41, 5.74) is -4.30. The van der Waals surface area contributed by atoms with Crippen molar-refractivity contribution in [3.63, 3.8) is 0 Å². The first-order chi connectivity index (χ1) is 11.0. The van der Waals surface area contributed by atoms with Crippen LogP contribution in [0.15, 0.2) is 29.4 Å².